The lowest BCUT2D eigenvalue weighted by Gasteiger charge is -2.19. The molecule has 2 rings (SSSR count). The number of sulfonamides is 1. The highest BCUT2D eigenvalue weighted by atomic mass is 35.5. The molecule has 0 bridgehead atoms. The molecule has 1 aromatic carbocycles. The topological polar surface area (TPSA) is 72.2 Å². The highest BCUT2D eigenvalue weighted by Crippen LogP contribution is 2.26. The molecule has 1 saturated carbocycles. The molecular formula is C13H20Cl2N2O2S. The Bertz CT molecular complexity index is 537. The maximum atomic E-state index is 12.2. The van der Waals surface area contributed by atoms with Crippen LogP contribution < -0.4 is 10.5 Å². The molecule has 0 amide bonds. The summed E-state index contributed by atoms with van der Waals surface area (Å²) in [6.07, 6.45) is 2.89. The third kappa shape index (κ3) is 4.60. The molecule has 0 saturated heterocycles. The van der Waals surface area contributed by atoms with Crippen molar-refractivity contribution in [3.05, 3.63) is 34.9 Å². The van der Waals surface area contributed by atoms with Crippen molar-refractivity contribution >= 4 is 34.0 Å². The average molecular weight is 339 g/mol. The second kappa shape index (κ2) is 7.61. The molecule has 0 spiro atoms. The van der Waals surface area contributed by atoms with Gasteiger partial charge in [-0.05, 0) is 36.9 Å². The third-order valence-electron chi connectivity index (χ3n) is 3.60. The molecule has 114 valence electrons. The summed E-state index contributed by atoms with van der Waals surface area (Å²) in [5, 5.41) is 0.481. The number of benzene rings is 1. The van der Waals surface area contributed by atoms with Gasteiger partial charge in [0, 0.05) is 11.1 Å². The molecule has 1 aliphatic rings. The molecule has 7 heteroatoms. The van der Waals surface area contributed by atoms with Crippen LogP contribution in [0.4, 0.5) is 0 Å². The van der Waals surface area contributed by atoms with Crippen molar-refractivity contribution in [2.45, 2.75) is 31.1 Å². The second-order valence-electron chi connectivity index (χ2n) is 5.00. The van der Waals surface area contributed by atoms with Crippen LogP contribution in [0.15, 0.2) is 24.3 Å². The number of halogens is 2. The Labute approximate surface area is 131 Å². The fraction of sp³-hybridized carbons (Fsp3) is 0.538. The van der Waals surface area contributed by atoms with Crippen molar-refractivity contribution in [3.8, 4) is 0 Å². The van der Waals surface area contributed by atoms with Crippen molar-refractivity contribution in [1.29, 1.82) is 0 Å². The van der Waals surface area contributed by atoms with Crippen molar-refractivity contribution in [1.82, 2.24) is 4.72 Å². The maximum absolute atomic E-state index is 12.2. The highest BCUT2D eigenvalue weighted by Gasteiger charge is 2.29. The third-order valence-corrected chi connectivity index (χ3v) is 5.32. The van der Waals surface area contributed by atoms with Gasteiger partial charge >= 0.3 is 0 Å². The van der Waals surface area contributed by atoms with Crippen LogP contribution in [0.25, 0.3) is 0 Å². The quantitative estimate of drug-likeness (QED) is 0.865. The van der Waals surface area contributed by atoms with E-state index in [9.17, 15) is 8.42 Å². The van der Waals surface area contributed by atoms with Crippen LogP contribution >= 0.6 is 24.0 Å². The first kappa shape index (κ1) is 17.7. The second-order valence-corrected chi connectivity index (χ2v) is 7.16. The summed E-state index contributed by atoms with van der Waals surface area (Å²) in [5.41, 5.74) is 6.29. The van der Waals surface area contributed by atoms with Crippen molar-refractivity contribution in [3.63, 3.8) is 0 Å². The van der Waals surface area contributed by atoms with Gasteiger partial charge in [0.1, 0.15) is 0 Å². The smallest absolute Gasteiger partial charge is 0.216 e. The Hall–Kier alpha value is -0.330. The zero-order chi connectivity index (χ0) is 13.9. The van der Waals surface area contributed by atoms with Crippen LogP contribution in [0.5, 0.6) is 0 Å². The zero-order valence-corrected chi connectivity index (χ0v) is 13.5. The lowest BCUT2D eigenvalue weighted by atomic mass is 10.1. The van der Waals surface area contributed by atoms with E-state index >= 15 is 0 Å². The Morgan fingerprint density at radius 1 is 1.30 bits per heavy atom. The molecule has 4 nitrogen and oxygen atoms in total. The van der Waals surface area contributed by atoms with Crippen LogP contribution in [-0.4, -0.2) is 21.0 Å². The summed E-state index contributed by atoms with van der Waals surface area (Å²) >= 11 is 5.99. The SMILES string of the molecule is Cl.NCC1CCCC1NS(=O)(=O)Cc1ccccc1Cl. The van der Waals surface area contributed by atoms with Crippen molar-refractivity contribution in [2.75, 3.05) is 6.54 Å². The van der Waals surface area contributed by atoms with Gasteiger partial charge in [-0.25, -0.2) is 13.1 Å². The van der Waals surface area contributed by atoms with Gasteiger partial charge in [-0.15, -0.1) is 12.4 Å². The Morgan fingerprint density at radius 3 is 2.65 bits per heavy atom. The molecule has 0 radical (unpaired) electrons. The predicted molar refractivity (Wildman–Crippen MR) is 84.6 cm³/mol. The first-order valence-corrected chi connectivity index (χ1v) is 8.48. The van der Waals surface area contributed by atoms with E-state index in [1.807, 2.05) is 0 Å². The van der Waals surface area contributed by atoms with E-state index in [0.29, 0.717) is 17.1 Å². The van der Waals surface area contributed by atoms with Gasteiger partial charge in [-0.3, -0.25) is 0 Å². The van der Waals surface area contributed by atoms with E-state index in [0.717, 1.165) is 19.3 Å². The molecule has 20 heavy (non-hydrogen) atoms. The van der Waals surface area contributed by atoms with E-state index in [2.05, 4.69) is 4.72 Å². The standard InChI is InChI=1S/C13H19ClN2O2S.ClH/c14-12-6-2-1-4-11(12)9-19(17,18)16-13-7-3-5-10(13)8-15;/h1-2,4,6,10,13,16H,3,5,7-9,15H2;1H. The number of nitrogens with two attached hydrogens (primary N) is 1. The minimum Gasteiger partial charge on any atom is -0.330 e. The van der Waals surface area contributed by atoms with Crippen molar-refractivity contribution in [2.24, 2.45) is 11.7 Å². The molecular weight excluding hydrogens is 319 g/mol. The van der Waals surface area contributed by atoms with Gasteiger partial charge < -0.3 is 5.73 Å². The van der Waals surface area contributed by atoms with E-state index in [-0.39, 0.29) is 30.1 Å². The number of hydrogen-bond donors (Lipinski definition) is 2. The molecule has 0 aromatic heterocycles. The minimum atomic E-state index is -3.37. The molecule has 2 unspecified atom stereocenters. The van der Waals surface area contributed by atoms with E-state index < -0.39 is 10.0 Å². The van der Waals surface area contributed by atoms with E-state index in [1.165, 1.54) is 0 Å². The fourth-order valence-corrected chi connectivity index (χ4v) is 4.36. The minimum absolute atomic E-state index is 0. The molecule has 3 N–H and O–H groups in total. The van der Waals surface area contributed by atoms with E-state index in [1.54, 1.807) is 24.3 Å². The molecule has 2 atom stereocenters. The fourth-order valence-electron chi connectivity index (χ4n) is 2.57. The number of nitrogens with one attached hydrogen (secondary N) is 1. The average Bonchev–Trinajstić information content (AvgIpc) is 2.78. The normalized spacial score (nSPS) is 22.5. The first-order chi connectivity index (χ1) is 9.02. The Balaban J connectivity index is 0.00000200. The monoisotopic (exact) mass is 338 g/mol. The molecule has 1 aromatic rings. The Morgan fingerprint density at radius 2 is 2.00 bits per heavy atom. The molecule has 1 aliphatic carbocycles. The van der Waals surface area contributed by atoms with Crippen molar-refractivity contribution < 1.29 is 8.42 Å². The molecule has 1 fully saturated rings. The molecule has 0 aliphatic heterocycles. The van der Waals surface area contributed by atoms with Gasteiger partial charge in [0.2, 0.25) is 10.0 Å². The summed E-state index contributed by atoms with van der Waals surface area (Å²) in [6.45, 7) is 0.527. The largest absolute Gasteiger partial charge is 0.330 e. The van der Waals surface area contributed by atoms with Gasteiger partial charge in [0.25, 0.3) is 0 Å². The van der Waals surface area contributed by atoms with Crippen LogP contribution in [0.2, 0.25) is 5.02 Å². The van der Waals surface area contributed by atoms with E-state index in [4.69, 9.17) is 17.3 Å². The number of hydrogen-bond acceptors (Lipinski definition) is 3. The van der Waals surface area contributed by atoms with Crippen LogP contribution in [-0.2, 0) is 15.8 Å². The van der Waals surface area contributed by atoms with Gasteiger partial charge in [-0.2, -0.15) is 0 Å². The van der Waals surface area contributed by atoms with Gasteiger partial charge in [-0.1, -0.05) is 36.2 Å². The zero-order valence-electron chi connectivity index (χ0n) is 11.1. The van der Waals surface area contributed by atoms with Gasteiger partial charge in [0.15, 0.2) is 0 Å². The summed E-state index contributed by atoms with van der Waals surface area (Å²) in [6, 6.07) is 6.97. The summed E-state index contributed by atoms with van der Waals surface area (Å²) in [7, 11) is -3.37. The van der Waals surface area contributed by atoms with Crippen LogP contribution in [0.1, 0.15) is 24.8 Å². The maximum Gasteiger partial charge on any atom is 0.216 e. The van der Waals surface area contributed by atoms with Crippen LogP contribution in [0, 0.1) is 5.92 Å². The number of rotatable bonds is 5. The summed E-state index contributed by atoms with van der Waals surface area (Å²) < 4.78 is 27.1. The Kier molecular flexibility index (Phi) is 6.75. The lowest BCUT2D eigenvalue weighted by molar-refractivity contribution is 0.452. The van der Waals surface area contributed by atoms with Crippen LogP contribution in [0.3, 0.4) is 0 Å². The predicted octanol–water partition coefficient (Wildman–Crippen LogP) is 2.31. The highest BCUT2D eigenvalue weighted by molar-refractivity contribution is 7.88. The first-order valence-electron chi connectivity index (χ1n) is 6.45. The lowest BCUT2D eigenvalue weighted by Crippen LogP contribution is -2.40. The molecule has 0 heterocycles. The summed E-state index contributed by atoms with van der Waals surface area (Å²) in [4.78, 5) is 0. The summed E-state index contributed by atoms with van der Waals surface area (Å²) in [5.74, 6) is 0.168. The van der Waals surface area contributed by atoms with Gasteiger partial charge in [0.05, 0.1) is 5.75 Å².